The van der Waals surface area contributed by atoms with Gasteiger partial charge in [0.15, 0.2) is 0 Å². The van der Waals surface area contributed by atoms with Gasteiger partial charge in [0.05, 0.1) is 11.6 Å². The van der Waals surface area contributed by atoms with E-state index in [1.165, 1.54) is 0 Å². The van der Waals surface area contributed by atoms with Crippen molar-refractivity contribution in [2.45, 2.75) is 25.0 Å². The Morgan fingerprint density at radius 3 is 2.57 bits per heavy atom. The van der Waals surface area contributed by atoms with E-state index >= 15 is 0 Å². The van der Waals surface area contributed by atoms with Crippen LogP contribution in [0.4, 0.5) is 0 Å². The van der Waals surface area contributed by atoms with E-state index in [1.54, 1.807) is 12.1 Å². The lowest BCUT2D eigenvalue weighted by atomic mass is 10.0. The molecule has 0 unspecified atom stereocenters. The summed E-state index contributed by atoms with van der Waals surface area (Å²) in [5.41, 5.74) is 1.63. The highest BCUT2D eigenvalue weighted by Gasteiger charge is 2.14. The molecule has 0 aliphatic rings. The Morgan fingerprint density at radius 2 is 2.14 bits per heavy atom. The molecule has 1 aromatic rings. The minimum Gasteiger partial charge on any atom is -0.192 e. The van der Waals surface area contributed by atoms with Crippen LogP contribution in [0.3, 0.4) is 0 Å². The lowest BCUT2D eigenvalue weighted by Gasteiger charge is -2.17. The van der Waals surface area contributed by atoms with Gasteiger partial charge in [-0.1, -0.05) is 31.5 Å². The Hall–Kier alpha value is -0.650. The summed E-state index contributed by atoms with van der Waals surface area (Å²) in [5, 5.41) is 9.31. The van der Waals surface area contributed by atoms with E-state index < -0.39 is 0 Å². The van der Waals surface area contributed by atoms with Gasteiger partial charge in [0.25, 0.3) is 0 Å². The highest BCUT2D eigenvalue weighted by atomic mass is 35.5. The predicted molar refractivity (Wildman–Crippen MR) is 62.9 cm³/mol. The molecule has 14 heavy (non-hydrogen) atoms. The van der Waals surface area contributed by atoms with Crippen molar-refractivity contribution in [2.75, 3.05) is 0 Å². The second-order valence-corrected chi connectivity index (χ2v) is 5.53. The van der Waals surface area contributed by atoms with Crippen LogP contribution in [-0.4, -0.2) is 4.75 Å². The smallest absolute Gasteiger partial charge is 0.0992 e. The van der Waals surface area contributed by atoms with Crippen LogP contribution in [0.25, 0.3) is 0 Å². The Morgan fingerprint density at radius 1 is 1.50 bits per heavy atom. The summed E-state index contributed by atoms with van der Waals surface area (Å²) in [7, 11) is 0. The maximum absolute atomic E-state index is 8.66. The summed E-state index contributed by atoms with van der Waals surface area (Å²) in [6, 6.07) is 7.41. The molecule has 0 N–H and O–H groups in total. The molecule has 0 saturated heterocycles. The van der Waals surface area contributed by atoms with Crippen molar-refractivity contribution in [1.29, 1.82) is 5.26 Å². The summed E-state index contributed by atoms with van der Waals surface area (Å²) in [4.78, 5) is 0. The number of hydrogen-bond acceptors (Lipinski definition) is 2. The quantitative estimate of drug-likeness (QED) is 0.766. The number of rotatable bonds is 2. The molecule has 0 aliphatic carbocycles. The molecule has 1 rings (SSSR count). The van der Waals surface area contributed by atoms with Crippen molar-refractivity contribution < 1.29 is 0 Å². The standard InChI is InChI=1S/C11H12ClNS/c1-11(2,14)6-9-4-3-8(7-13)5-10(9)12/h3-5,14H,6H2,1-2H3. The molecule has 0 bridgehead atoms. The molecule has 0 radical (unpaired) electrons. The number of benzene rings is 1. The largest absolute Gasteiger partial charge is 0.192 e. The second-order valence-electron chi connectivity index (χ2n) is 3.91. The van der Waals surface area contributed by atoms with Gasteiger partial charge in [-0.15, -0.1) is 0 Å². The third-order valence-corrected chi connectivity index (χ3v) is 2.32. The number of halogens is 1. The number of nitriles is 1. The summed E-state index contributed by atoms with van der Waals surface area (Å²) >= 11 is 10.5. The van der Waals surface area contributed by atoms with Crippen molar-refractivity contribution in [1.82, 2.24) is 0 Å². The number of thiol groups is 1. The van der Waals surface area contributed by atoms with Gasteiger partial charge in [0.1, 0.15) is 0 Å². The first-order valence-corrected chi connectivity index (χ1v) is 5.16. The molecular weight excluding hydrogens is 214 g/mol. The minimum atomic E-state index is -0.0855. The van der Waals surface area contributed by atoms with Gasteiger partial charge in [0.2, 0.25) is 0 Å². The van der Waals surface area contributed by atoms with Gasteiger partial charge in [-0.05, 0) is 24.1 Å². The third-order valence-electron chi connectivity index (χ3n) is 1.81. The maximum atomic E-state index is 8.66. The van der Waals surface area contributed by atoms with Gasteiger partial charge in [-0.25, -0.2) is 0 Å². The van der Waals surface area contributed by atoms with E-state index in [9.17, 15) is 0 Å². The molecule has 0 atom stereocenters. The number of hydrogen-bond donors (Lipinski definition) is 1. The molecule has 0 fully saturated rings. The number of nitrogens with zero attached hydrogens (tertiary/aromatic N) is 1. The Balaban J connectivity index is 2.97. The van der Waals surface area contributed by atoms with Crippen LogP contribution in [0.5, 0.6) is 0 Å². The first-order valence-electron chi connectivity index (χ1n) is 4.33. The summed E-state index contributed by atoms with van der Waals surface area (Å²) < 4.78 is -0.0855. The van der Waals surface area contributed by atoms with E-state index in [0.29, 0.717) is 10.6 Å². The van der Waals surface area contributed by atoms with Crippen LogP contribution in [-0.2, 0) is 6.42 Å². The fraction of sp³-hybridized carbons (Fsp3) is 0.364. The highest BCUT2D eigenvalue weighted by Crippen LogP contribution is 2.25. The second kappa shape index (κ2) is 4.25. The molecule has 3 heteroatoms. The molecule has 0 aromatic heterocycles. The lowest BCUT2D eigenvalue weighted by Crippen LogP contribution is -2.14. The monoisotopic (exact) mass is 225 g/mol. The Bertz CT molecular complexity index is 374. The van der Waals surface area contributed by atoms with E-state index in [4.69, 9.17) is 16.9 Å². The first-order chi connectivity index (χ1) is 6.42. The third kappa shape index (κ3) is 3.25. The van der Waals surface area contributed by atoms with Gasteiger partial charge in [-0.3, -0.25) is 0 Å². The van der Waals surface area contributed by atoms with Crippen LogP contribution < -0.4 is 0 Å². The molecule has 1 nitrogen and oxygen atoms in total. The molecule has 0 aliphatic heterocycles. The van der Waals surface area contributed by atoms with Crippen LogP contribution in [0.2, 0.25) is 5.02 Å². The van der Waals surface area contributed by atoms with Gasteiger partial charge >= 0.3 is 0 Å². The van der Waals surface area contributed by atoms with E-state index in [-0.39, 0.29) is 4.75 Å². The zero-order valence-corrected chi connectivity index (χ0v) is 9.86. The van der Waals surface area contributed by atoms with Gasteiger partial charge in [-0.2, -0.15) is 17.9 Å². The van der Waals surface area contributed by atoms with Crippen molar-refractivity contribution >= 4 is 24.2 Å². The molecule has 1 aromatic carbocycles. The van der Waals surface area contributed by atoms with Gasteiger partial charge in [0, 0.05) is 9.77 Å². The van der Waals surface area contributed by atoms with Crippen LogP contribution in [0.15, 0.2) is 18.2 Å². The van der Waals surface area contributed by atoms with Crippen molar-refractivity contribution in [2.24, 2.45) is 0 Å². The Kier molecular flexibility index (Phi) is 3.47. The molecule has 0 amide bonds. The zero-order valence-electron chi connectivity index (χ0n) is 8.21. The van der Waals surface area contributed by atoms with Crippen LogP contribution in [0, 0.1) is 11.3 Å². The maximum Gasteiger partial charge on any atom is 0.0992 e. The van der Waals surface area contributed by atoms with E-state index in [1.807, 2.05) is 19.9 Å². The zero-order chi connectivity index (χ0) is 10.8. The van der Waals surface area contributed by atoms with Gasteiger partial charge < -0.3 is 0 Å². The molecule has 0 heterocycles. The first kappa shape index (κ1) is 11.4. The van der Waals surface area contributed by atoms with Crippen molar-refractivity contribution in [3.63, 3.8) is 0 Å². The van der Waals surface area contributed by atoms with Crippen LogP contribution in [0.1, 0.15) is 25.0 Å². The molecule has 0 saturated carbocycles. The van der Waals surface area contributed by atoms with Crippen molar-refractivity contribution in [3.05, 3.63) is 34.3 Å². The SMILES string of the molecule is CC(C)(S)Cc1ccc(C#N)cc1Cl. The predicted octanol–water partition coefficient (Wildman–Crippen LogP) is 3.46. The van der Waals surface area contributed by atoms with E-state index in [2.05, 4.69) is 18.7 Å². The highest BCUT2D eigenvalue weighted by molar-refractivity contribution is 7.81. The summed E-state index contributed by atoms with van der Waals surface area (Å²) in [5.74, 6) is 0. The van der Waals surface area contributed by atoms with E-state index in [0.717, 1.165) is 12.0 Å². The molecular formula is C11H12ClNS. The Labute approximate surface area is 95.1 Å². The molecule has 0 spiro atoms. The van der Waals surface area contributed by atoms with Crippen molar-refractivity contribution in [3.8, 4) is 6.07 Å². The van der Waals surface area contributed by atoms with Crippen LogP contribution >= 0.6 is 24.2 Å². The fourth-order valence-corrected chi connectivity index (χ4v) is 1.64. The normalized spacial score (nSPS) is 11.1. The lowest BCUT2D eigenvalue weighted by molar-refractivity contribution is 0.715. The topological polar surface area (TPSA) is 23.8 Å². The summed E-state index contributed by atoms with van der Waals surface area (Å²) in [6.45, 7) is 4.06. The fourth-order valence-electron chi connectivity index (χ4n) is 1.23. The molecule has 74 valence electrons. The average molecular weight is 226 g/mol. The minimum absolute atomic E-state index is 0.0855. The summed E-state index contributed by atoms with van der Waals surface area (Å²) in [6.07, 6.45) is 0.792. The average Bonchev–Trinajstić information content (AvgIpc) is 2.06.